The molecule has 2 aliphatic heterocycles. The highest BCUT2D eigenvalue weighted by Crippen LogP contribution is 2.48. The lowest BCUT2D eigenvalue weighted by Gasteiger charge is -2.17. The summed E-state index contributed by atoms with van der Waals surface area (Å²) in [5.41, 5.74) is 6.66. The SMILES string of the molecule is C1=CC2=NC(c3ccc(-n4c5c(c6c7ccccc7c7c8ccccc8sc7c64)C=CCC5)cc3)CN2C=C1. The molecule has 4 heterocycles. The Morgan fingerprint density at radius 3 is 2.44 bits per heavy atom. The molecule has 1 atom stereocenters. The zero-order valence-electron chi connectivity index (χ0n) is 21.3. The van der Waals surface area contributed by atoms with Gasteiger partial charge in [-0.25, -0.2) is 0 Å². The second-order valence-corrected chi connectivity index (χ2v) is 11.7. The third-order valence-electron chi connectivity index (χ3n) is 8.53. The van der Waals surface area contributed by atoms with Crippen molar-refractivity contribution < 1.29 is 0 Å². The number of aromatic nitrogens is 1. The van der Waals surface area contributed by atoms with E-state index in [1.807, 2.05) is 11.3 Å². The van der Waals surface area contributed by atoms with Crippen LogP contribution in [0.1, 0.15) is 29.3 Å². The first-order valence-electron chi connectivity index (χ1n) is 13.7. The molecule has 6 aromatic rings. The van der Waals surface area contributed by atoms with Gasteiger partial charge in [0, 0.05) is 44.0 Å². The van der Waals surface area contributed by atoms with Gasteiger partial charge < -0.3 is 9.47 Å². The lowest BCUT2D eigenvalue weighted by molar-refractivity contribution is 0.550. The number of fused-ring (bicyclic) bond motifs is 11. The lowest BCUT2D eigenvalue weighted by Crippen LogP contribution is -2.21. The first kappa shape index (κ1) is 21.5. The van der Waals surface area contributed by atoms with Gasteiger partial charge in [-0.3, -0.25) is 4.99 Å². The zero-order valence-corrected chi connectivity index (χ0v) is 22.2. The van der Waals surface area contributed by atoms with Gasteiger partial charge in [-0.2, -0.15) is 0 Å². The number of hydrogen-bond donors (Lipinski definition) is 0. The van der Waals surface area contributed by atoms with E-state index in [0.717, 1.165) is 25.2 Å². The van der Waals surface area contributed by atoms with E-state index in [4.69, 9.17) is 4.99 Å². The Kier molecular flexibility index (Phi) is 4.44. The summed E-state index contributed by atoms with van der Waals surface area (Å²) in [4.78, 5) is 7.22. The van der Waals surface area contributed by atoms with Crippen molar-refractivity contribution in [2.24, 2.45) is 4.99 Å². The molecule has 0 radical (unpaired) electrons. The zero-order chi connectivity index (χ0) is 25.5. The topological polar surface area (TPSA) is 20.5 Å². The fourth-order valence-corrected chi connectivity index (χ4v) is 8.07. The maximum Gasteiger partial charge on any atom is 0.128 e. The number of thiophene rings is 1. The third-order valence-corrected chi connectivity index (χ3v) is 9.71. The molecular weight excluding hydrogens is 494 g/mol. The van der Waals surface area contributed by atoms with Gasteiger partial charge in [-0.1, -0.05) is 72.8 Å². The maximum absolute atomic E-state index is 4.98. The second kappa shape index (κ2) is 8.05. The van der Waals surface area contributed by atoms with Crippen LogP contribution >= 0.6 is 11.3 Å². The van der Waals surface area contributed by atoms with Gasteiger partial charge in [0.2, 0.25) is 0 Å². The predicted octanol–water partition coefficient (Wildman–Crippen LogP) is 8.95. The van der Waals surface area contributed by atoms with Crippen LogP contribution in [-0.2, 0) is 6.42 Å². The molecule has 186 valence electrons. The highest BCUT2D eigenvalue weighted by molar-refractivity contribution is 7.27. The van der Waals surface area contributed by atoms with Crippen molar-refractivity contribution in [1.82, 2.24) is 9.47 Å². The van der Waals surface area contributed by atoms with Crippen molar-refractivity contribution in [3.63, 3.8) is 0 Å². The number of nitrogens with zero attached hydrogens (tertiary/aromatic N) is 3. The molecule has 4 aromatic carbocycles. The van der Waals surface area contributed by atoms with Crippen molar-refractivity contribution in [3.8, 4) is 5.69 Å². The van der Waals surface area contributed by atoms with Crippen LogP contribution in [0.4, 0.5) is 0 Å². The number of rotatable bonds is 2. The van der Waals surface area contributed by atoms with Crippen LogP contribution in [0.25, 0.3) is 53.6 Å². The molecule has 0 bridgehead atoms. The summed E-state index contributed by atoms with van der Waals surface area (Å²) in [6.07, 6.45) is 15.2. The van der Waals surface area contributed by atoms with Gasteiger partial charge in [0.05, 0.1) is 22.8 Å². The molecule has 3 nitrogen and oxygen atoms in total. The van der Waals surface area contributed by atoms with Gasteiger partial charge in [0.1, 0.15) is 5.84 Å². The van der Waals surface area contributed by atoms with Crippen LogP contribution in [0.15, 0.2) is 108 Å². The van der Waals surface area contributed by atoms with Crippen LogP contribution in [0, 0.1) is 0 Å². The molecule has 0 N–H and O–H groups in total. The molecule has 39 heavy (non-hydrogen) atoms. The van der Waals surface area contributed by atoms with Gasteiger partial charge in [-0.15, -0.1) is 11.3 Å². The monoisotopic (exact) mass is 519 g/mol. The summed E-state index contributed by atoms with van der Waals surface area (Å²) in [5.74, 6) is 1.06. The number of hydrogen-bond acceptors (Lipinski definition) is 3. The molecule has 0 saturated carbocycles. The molecule has 0 amide bonds. The number of amidine groups is 1. The Balaban J connectivity index is 1.32. The average molecular weight is 520 g/mol. The largest absolute Gasteiger partial charge is 0.331 e. The standard InChI is InChI=1S/C35H25N3S/c1-2-10-25-24(9-1)32-26-11-3-5-13-29(26)38(34(32)35-33(25)27-12-4-6-14-30(27)39-35)23-18-16-22(17-19-23)28-21-37-20-8-7-15-31(37)36-28/h1-4,6-12,14-20,28H,5,13,21H2. The van der Waals surface area contributed by atoms with Crippen LogP contribution in [0.3, 0.4) is 0 Å². The quantitative estimate of drug-likeness (QED) is 0.224. The first-order valence-corrected chi connectivity index (χ1v) is 14.5. The first-order chi connectivity index (χ1) is 19.3. The fourth-order valence-electron chi connectivity index (χ4n) is 6.81. The Labute approximate surface area is 230 Å². The molecule has 9 rings (SSSR count). The van der Waals surface area contributed by atoms with Crippen LogP contribution in [0.2, 0.25) is 0 Å². The normalized spacial score (nSPS) is 18.0. The van der Waals surface area contributed by atoms with Crippen molar-refractivity contribution in [2.45, 2.75) is 18.9 Å². The molecule has 1 aliphatic carbocycles. The van der Waals surface area contributed by atoms with E-state index in [1.54, 1.807) is 0 Å². The Bertz CT molecular complexity index is 2100. The molecule has 4 heteroatoms. The van der Waals surface area contributed by atoms with Gasteiger partial charge in [0.25, 0.3) is 0 Å². The predicted molar refractivity (Wildman–Crippen MR) is 166 cm³/mol. The molecular formula is C35H25N3S. The summed E-state index contributed by atoms with van der Waals surface area (Å²) in [5, 5.41) is 6.83. The van der Waals surface area contributed by atoms with E-state index in [1.165, 1.54) is 64.4 Å². The van der Waals surface area contributed by atoms with Gasteiger partial charge in [-0.05, 0) is 59.5 Å². The number of benzene rings is 4. The van der Waals surface area contributed by atoms with E-state index in [2.05, 4.69) is 119 Å². The molecule has 3 aliphatic rings. The summed E-state index contributed by atoms with van der Waals surface area (Å²) in [7, 11) is 0. The van der Waals surface area contributed by atoms with E-state index in [0.29, 0.717) is 0 Å². The Morgan fingerprint density at radius 2 is 1.59 bits per heavy atom. The summed E-state index contributed by atoms with van der Waals surface area (Å²) < 4.78 is 5.30. The summed E-state index contributed by atoms with van der Waals surface area (Å²) >= 11 is 1.93. The van der Waals surface area contributed by atoms with E-state index >= 15 is 0 Å². The minimum atomic E-state index is 0.165. The third kappa shape index (κ3) is 3.01. The molecule has 2 aromatic heterocycles. The minimum Gasteiger partial charge on any atom is -0.331 e. The van der Waals surface area contributed by atoms with Crippen molar-refractivity contribution in [1.29, 1.82) is 0 Å². The molecule has 0 fully saturated rings. The Morgan fingerprint density at radius 1 is 0.795 bits per heavy atom. The Hall–Kier alpha value is -4.41. The van der Waals surface area contributed by atoms with Crippen molar-refractivity contribution in [3.05, 3.63) is 120 Å². The summed E-state index contributed by atoms with van der Waals surface area (Å²) in [6, 6.07) is 27.2. The van der Waals surface area contributed by atoms with Crippen molar-refractivity contribution in [2.75, 3.05) is 6.54 Å². The molecule has 0 saturated heterocycles. The van der Waals surface area contributed by atoms with E-state index in [9.17, 15) is 0 Å². The highest BCUT2D eigenvalue weighted by Gasteiger charge is 2.27. The van der Waals surface area contributed by atoms with Crippen molar-refractivity contribution >= 4 is 65.1 Å². The number of allylic oxidation sites excluding steroid dienone is 3. The van der Waals surface area contributed by atoms with Crippen LogP contribution < -0.4 is 0 Å². The fraction of sp³-hybridized carbons (Fsp3) is 0.114. The minimum absolute atomic E-state index is 0.165. The maximum atomic E-state index is 4.98. The van der Waals surface area contributed by atoms with Gasteiger partial charge in [0.15, 0.2) is 0 Å². The summed E-state index contributed by atoms with van der Waals surface area (Å²) in [6.45, 7) is 0.899. The van der Waals surface area contributed by atoms with Crippen LogP contribution in [0.5, 0.6) is 0 Å². The molecule has 1 unspecified atom stereocenters. The van der Waals surface area contributed by atoms with Gasteiger partial charge >= 0.3 is 0 Å². The molecule has 0 spiro atoms. The van der Waals surface area contributed by atoms with E-state index in [-0.39, 0.29) is 6.04 Å². The lowest BCUT2D eigenvalue weighted by atomic mass is 9.96. The van der Waals surface area contributed by atoms with E-state index < -0.39 is 0 Å². The van der Waals surface area contributed by atoms with Crippen LogP contribution in [-0.4, -0.2) is 21.8 Å². The highest BCUT2D eigenvalue weighted by atomic mass is 32.1. The number of aliphatic imine (C=N–C) groups is 1. The average Bonchev–Trinajstić information content (AvgIpc) is 3.69. The second-order valence-electron chi connectivity index (χ2n) is 10.7. The smallest absolute Gasteiger partial charge is 0.128 e.